The minimum absolute atomic E-state index is 0.211. The van der Waals surface area contributed by atoms with Crippen molar-refractivity contribution < 1.29 is 38.9 Å². The fraction of sp³-hybridized carbons (Fsp3) is 0.542. The molecule has 16 heteroatoms. The zero-order valence-electron chi connectivity index (χ0n) is 38.6. The highest BCUT2D eigenvalue weighted by atomic mass is 16.5. The average Bonchev–Trinajstić information content (AvgIpc) is 4.05. The Morgan fingerprint density at radius 3 is 1.36 bits per heavy atom. The molecule has 4 atom stereocenters. The predicted molar refractivity (Wildman–Crippen MR) is 240 cm³/mol. The van der Waals surface area contributed by atoms with Crippen molar-refractivity contribution >= 4 is 24.0 Å². The van der Waals surface area contributed by atoms with Crippen LogP contribution in [0.15, 0.2) is 36.7 Å². The highest BCUT2D eigenvalue weighted by Gasteiger charge is 2.46. The van der Waals surface area contributed by atoms with Gasteiger partial charge in [0, 0.05) is 57.5 Å². The molecule has 4 aliphatic rings. The third-order valence-corrected chi connectivity index (χ3v) is 13.1. The Balaban J connectivity index is 1.03. The van der Waals surface area contributed by atoms with Gasteiger partial charge < -0.3 is 39.5 Å². The molecule has 2 aromatic heterocycles. The molecular weight excluding hydrogens is 817 g/mol. The number of nitrogens with zero attached hydrogens (tertiary/aromatic N) is 6. The topological polar surface area (TPSA) is 198 Å². The van der Waals surface area contributed by atoms with E-state index < -0.39 is 35.3 Å². The molecule has 64 heavy (non-hydrogen) atoms. The van der Waals surface area contributed by atoms with Crippen molar-refractivity contribution in [3.63, 3.8) is 0 Å². The van der Waals surface area contributed by atoms with Crippen molar-refractivity contribution in [2.24, 2.45) is 11.8 Å². The second-order valence-electron chi connectivity index (χ2n) is 20.4. The van der Waals surface area contributed by atoms with Crippen LogP contribution in [0.5, 0.6) is 11.5 Å². The predicted octanol–water partition coefficient (Wildman–Crippen LogP) is 8.85. The van der Waals surface area contributed by atoms with Gasteiger partial charge in [0.05, 0.1) is 35.9 Å². The monoisotopic (exact) mass is 878 g/mol. The van der Waals surface area contributed by atoms with Gasteiger partial charge in [0.15, 0.2) is 0 Å². The Hall–Kier alpha value is -6.06. The Labute approximate surface area is 374 Å². The van der Waals surface area contributed by atoms with Gasteiger partial charge in [-0.05, 0) is 103 Å². The maximum absolute atomic E-state index is 14.2. The number of hydrogen-bond donors (Lipinski definition) is 4. The molecule has 0 aliphatic carbocycles. The average molecular weight is 879 g/mol. The summed E-state index contributed by atoms with van der Waals surface area (Å²) >= 11 is 0. The number of aromatic amines is 2. The number of carbonyl (C=O) groups is 4. The van der Waals surface area contributed by atoms with Crippen molar-refractivity contribution in [3.05, 3.63) is 59.4 Å². The number of ether oxygens (including phenoxy) is 2. The van der Waals surface area contributed by atoms with E-state index in [1.165, 1.54) is 9.80 Å². The zero-order valence-corrected chi connectivity index (χ0v) is 38.6. The minimum atomic E-state index is -1.12. The van der Waals surface area contributed by atoms with Crippen molar-refractivity contribution in [1.82, 2.24) is 39.5 Å². The summed E-state index contributed by atoms with van der Waals surface area (Å²) in [6.07, 6.45) is 4.31. The summed E-state index contributed by atoms with van der Waals surface area (Å²) < 4.78 is 12.9. The van der Waals surface area contributed by atoms with E-state index in [0.717, 1.165) is 69.1 Å². The SMILES string of the molecule is CC(C)[C@@H](C(=O)N1CCC[C@H]1c1ncc(-c2cc3c4c(c2)OCc2cc(-c5cnc([C@@H]6CCCN6C(=O)[C@H](C(C)C)N(C(=O)O)C(C)(C)C)[nH]5)cc(c2-4)OC3)[nH]1)N(C(=O)O)C(C)(C)C. The van der Waals surface area contributed by atoms with Gasteiger partial charge >= 0.3 is 12.2 Å². The van der Waals surface area contributed by atoms with E-state index in [1.54, 1.807) is 22.2 Å². The summed E-state index contributed by atoms with van der Waals surface area (Å²) in [7, 11) is 0. The summed E-state index contributed by atoms with van der Waals surface area (Å²) in [4.78, 5) is 76.0. The van der Waals surface area contributed by atoms with E-state index in [4.69, 9.17) is 19.4 Å². The number of nitrogens with one attached hydrogen (secondary N) is 2. The Morgan fingerprint density at radius 1 is 0.656 bits per heavy atom. The normalized spacial score (nSPS) is 19.0. The Kier molecular flexibility index (Phi) is 11.5. The summed E-state index contributed by atoms with van der Waals surface area (Å²) in [5.74, 6) is 1.91. The first-order chi connectivity index (χ1) is 30.1. The molecule has 2 aromatic carbocycles. The molecule has 4 aliphatic heterocycles. The van der Waals surface area contributed by atoms with E-state index >= 15 is 0 Å². The number of carbonyl (C=O) groups excluding carboxylic acids is 2. The fourth-order valence-electron chi connectivity index (χ4n) is 10.3. The van der Waals surface area contributed by atoms with Crippen molar-refractivity contribution in [2.45, 2.75) is 143 Å². The third kappa shape index (κ3) is 7.93. The highest BCUT2D eigenvalue weighted by Crippen LogP contribution is 2.51. The van der Waals surface area contributed by atoms with Crippen molar-refractivity contribution in [1.29, 1.82) is 0 Å². The van der Waals surface area contributed by atoms with Crippen LogP contribution in [0.25, 0.3) is 33.6 Å². The van der Waals surface area contributed by atoms with Crippen LogP contribution in [0.3, 0.4) is 0 Å². The third-order valence-electron chi connectivity index (χ3n) is 13.1. The van der Waals surface area contributed by atoms with Gasteiger partial charge in [0.2, 0.25) is 11.8 Å². The molecule has 4 N–H and O–H groups in total. The second kappa shape index (κ2) is 16.5. The van der Waals surface area contributed by atoms with Crippen LogP contribution < -0.4 is 9.47 Å². The molecule has 2 saturated heterocycles. The van der Waals surface area contributed by atoms with Crippen LogP contribution in [-0.4, -0.2) is 110 Å². The number of amides is 4. The maximum atomic E-state index is 14.2. The van der Waals surface area contributed by atoms with Gasteiger partial charge in [0.1, 0.15) is 48.4 Å². The van der Waals surface area contributed by atoms with Gasteiger partial charge in [-0.3, -0.25) is 19.4 Å². The molecule has 342 valence electrons. The van der Waals surface area contributed by atoms with Crippen LogP contribution in [0.2, 0.25) is 0 Å². The molecule has 8 rings (SSSR count). The molecule has 0 bridgehead atoms. The molecule has 4 amide bonds. The van der Waals surface area contributed by atoms with Gasteiger partial charge in [0.25, 0.3) is 0 Å². The summed E-state index contributed by atoms with van der Waals surface area (Å²) in [6, 6.07) is 5.89. The number of benzene rings is 2. The molecule has 0 saturated carbocycles. The lowest BCUT2D eigenvalue weighted by Crippen LogP contribution is -2.59. The molecule has 6 heterocycles. The standard InChI is InChI=1S/C48H62N8O8/c1-25(2)39(55(45(59)60)47(5,6)7)43(57)53-15-11-13-33(53)41-49-21-31(51-41)27-17-29-23-64-36-20-28(18-30-24-63-35(19-27)37(29)38(30)36)32-22-50-42(52-32)34-14-12-16-54(34)44(58)40(26(3)4)56(46(61)62)48(8,9)10/h17-22,25-26,33-34,39-40H,11-16,23-24H2,1-10H3,(H,49,51)(H,50,52)(H,59,60)(H,61,62)/t33-,34-,39-,40-/m0/s1. The van der Waals surface area contributed by atoms with Gasteiger partial charge in [-0.2, -0.15) is 0 Å². The quantitative estimate of drug-likeness (QED) is 0.119. The minimum Gasteiger partial charge on any atom is -0.488 e. The maximum Gasteiger partial charge on any atom is 0.408 e. The molecule has 4 aromatic rings. The molecule has 0 unspecified atom stereocenters. The number of rotatable bonds is 10. The van der Waals surface area contributed by atoms with Gasteiger partial charge in [-0.1, -0.05) is 27.7 Å². The number of carboxylic acid groups (broad SMARTS) is 2. The van der Waals surface area contributed by atoms with Crippen LogP contribution in [0.4, 0.5) is 9.59 Å². The van der Waals surface area contributed by atoms with Gasteiger partial charge in [-0.25, -0.2) is 19.6 Å². The lowest BCUT2D eigenvalue weighted by Gasteiger charge is -2.42. The first kappa shape index (κ1) is 44.5. The Morgan fingerprint density at radius 2 is 1.03 bits per heavy atom. The number of aromatic nitrogens is 4. The molecular formula is C48H62N8O8. The largest absolute Gasteiger partial charge is 0.488 e. The van der Waals surface area contributed by atoms with E-state index in [9.17, 15) is 29.4 Å². The zero-order chi connectivity index (χ0) is 46.2. The Bertz CT molecular complexity index is 2260. The highest BCUT2D eigenvalue weighted by molar-refractivity contribution is 5.89. The summed E-state index contributed by atoms with van der Waals surface area (Å²) in [5, 5.41) is 20.4. The molecule has 0 radical (unpaired) electrons. The van der Waals surface area contributed by atoms with Crippen molar-refractivity contribution in [3.8, 4) is 45.1 Å². The molecule has 0 spiro atoms. The second-order valence-corrected chi connectivity index (χ2v) is 20.4. The van der Waals surface area contributed by atoms with Crippen LogP contribution in [0.1, 0.15) is 130 Å². The smallest absolute Gasteiger partial charge is 0.408 e. The number of H-pyrrole nitrogens is 2. The lowest BCUT2D eigenvalue weighted by molar-refractivity contribution is -0.141. The van der Waals surface area contributed by atoms with E-state index in [0.29, 0.717) is 50.8 Å². The summed E-state index contributed by atoms with van der Waals surface area (Å²) in [5.41, 5.74) is 5.69. The summed E-state index contributed by atoms with van der Waals surface area (Å²) in [6.45, 7) is 20.1. The fourth-order valence-corrected chi connectivity index (χ4v) is 10.3. The van der Waals surface area contributed by atoms with Crippen LogP contribution in [0, 0.1) is 11.8 Å². The molecule has 16 nitrogen and oxygen atoms in total. The number of imidazole rings is 2. The van der Waals surface area contributed by atoms with Crippen LogP contribution >= 0.6 is 0 Å². The van der Waals surface area contributed by atoms with E-state index in [2.05, 4.69) is 22.1 Å². The van der Waals surface area contributed by atoms with Crippen molar-refractivity contribution in [2.75, 3.05) is 13.1 Å². The van der Waals surface area contributed by atoms with E-state index in [-0.39, 0.29) is 35.7 Å². The number of likely N-dealkylation sites (tertiary alicyclic amines) is 2. The van der Waals surface area contributed by atoms with Gasteiger partial charge in [-0.15, -0.1) is 0 Å². The first-order valence-corrected chi connectivity index (χ1v) is 22.5. The first-order valence-electron chi connectivity index (χ1n) is 22.5. The van der Waals surface area contributed by atoms with E-state index in [1.807, 2.05) is 81.4 Å². The lowest BCUT2D eigenvalue weighted by atomic mass is 9.87. The molecule has 2 fully saturated rings. The number of hydrogen-bond acceptors (Lipinski definition) is 8. The van der Waals surface area contributed by atoms with Crippen LogP contribution in [-0.2, 0) is 22.8 Å².